The molecule has 5 heteroatoms. The molecule has 0 atom stereocenters. The third-order valence-corrected chi connectivity index (χ3v) is 3.96. The summed E-state index contributed by atoms with van der Waals surface area (Å²) in [6, 6.07) is 10.5. The summed E-state index contributed by atoms with van der Waals surface area (Å²) in [5, 5.41) is 2.97. The molecule has 0 aromatic heterocycles. The molecule has 1 aliphatic rings. The Balaban J connectivity index is 0.00000147. The molecule has 1 aliphatic carbocycles. The molecule has 3 nitrogen and oxygen atoms in total. The van der Waals surface area contributed by atoms with Crippen LogP contribution in [0.25, 0.3) is 0 Å². The van der Waals surface area contributed by atoms with Gasteiger partial charge < -0.3 is 5.32 Å². The third-order valence-electron chi connectivity index (χ3n) is 3.29. The summed E-state index contributed by atoms with van der Waals surface area (Å²) in [6.07, 6.45) is 0. The number of hydrogen-bond acceptors (Lipinski definition) is 3. The van der Waals surface area contributed by atoms with Crippen LogP contribution in [0.3, 0.4) is 0 Å². The van der Waals surface area contributed by atoms with Crippen LogP contribution in [0.15, 0.2) is 40.9 Å². The van der Waals surface area contributed by atoms with Crippen molar-refractivity contribution in [2.75, 3.05) is 12.4 Å². The molecular weight excluding hydrogens is 370 g/mol. The van der Waals surface area contributed by atoms with E-state index in [0.717, 1.165) is 0 Å². The fourth-order valence-electron chi connectivity index (χ4n) is 2.39. The molecule has 2 aromatic carbocycles. The standard InChI is InChI=1S/C15H10BrNO2.Cu/c1-17-11-7-6-10(16)12-13(11)15(19)9-5-3-2-4-8(9)14(12)18;/h2-7,17H,1H3;. The van der Waals surface area contributed by atoms with Crippen molar-refractivity contribution in [3.63, 3.8) is 0 Å². The van der Waals surface area contributed by atoms with Gasteiger partial charge in [-0.05, 0) is 12.1 Å². The van der Waals surface area contributed by atoms with E-state index in [9.17, 15) is 9.59 Å². The van der Waals surface area contributed by atoms with Gasteiger partial charge in [0.25, 0.3) is 0 Å². The topological polar surface area (TPSA) is 46.2 Å². The van der Waals surface area contributed by atoms with Crippen LogP contribution in [-0.4, -0.2) is 18.6 Å². The van der Waals surface area contributed by atoms with Gasteiger partial charge >= 0.3 is 0 Å². The molecule has 1 N–H and O–H groups in total. The van der Waals surface area contributed by atoms with E-state index in [2.05, 4.69) is 21.2 Å². The minimum absolute atomic E-state index is 0. The largest absolute Gasteiger partial charge is 0.388 e. The number of ketones is 2. The molecule has 105 valence electrons. The summed E-state index contributed by atoms with van der Waals surface area (Å²) in [4.78, 5) is 25.1. The van der Waals surface area contributed by atoms with Gasteiger partial charge in [-0.2, -0.15) is 0 Å². The zero-order valence-corrected chi connectivity index (χ0v) is 13.0. The number of rotatable bonds is 1. The Bertz CT molecular complexity index is 728. The normalized spacial score (nSPS) is 12.3. The number of carbonyl (C=O) groups excluding carboxylic acids is 2. The zero-order chi connectivity index (χ0) is 13.6. The molecule has 3 rings (SSSR count). The summed E-state index contributed by atoms with van der Waals surface area (Å²) < 4.78 is 0.648. The monoisotopic (exact) mass is 378 g/mol. The van der Waals surface area contributed by atoms with Crippen molar-refractivity contribution < 1.29 is 26.7 Å². The summed E-state index contributed by atoms with van der Waals surface area (Å²) in [6.45, 7) is 0. The first-order valence-electron chi connectivity index (χ1n) is 5.84. The maximum atomic E-state index is 12.6. The van der Waals surface area contributed by atoms with E-state index < -0.39 is 0 Å². The predicted molar refractivity (Wildman–Crippen MR) is 77.0 cm³/mol. The van der Waals surface area contributed by atoms with Gasteiger partial charge in [0, 0.05) is 51.0 Å². The second-order valence-electron chi connectivity index (χ2n) is 4.30. The van der Waals surface area contributed by atoms with Gasteiger partial charge in [-0.3, -0.25) is 9.59 Å². The zero-order valence-electron chi connectivity index (χ0n) is 10.5. The maximum Gasteiger partial charge on any atom is 0.196 e. The van der Waals surface area contributed by atoms with Crippen molar-refractivity contribution in [1.82, 2.24) is 0 Å². The molecule has 0 saturated carbocycles. The molecule has 0 aliphatic heterocycles. The van der Waals surface area contributed by atoms with Crippen LogP contribution >= 0.6 is 15.9 Å². The fourth-order valence-corrected chi connectivity index (χ4v) is 2.90. The molecule has 0 saturated heterocycles. The van der Waals surface area contributed by atoms with Gasteiger partial charge in [-0.1, -0.05) is 40.2 Å². The van der Waals surface area contributed by atoms with Crippen molar-refractivity contribution in [2.24, 2.45) is 0 Å². The summed E-state index contributed by atoms with van der Waals surface area (Å²) in [7, 11) is 1.74. The smallest absolute Gasteiger partial charge is 0.196 e. The van der Waals surface area contributed by atoms with Gasteiger partial charge in [0.15, 0.2) is 11.6 Å². The van der Waals surface area contributed by atoms with E-state index in [1.54, 1.807) is 43.4 Å². The first kappa shape index (κ1) is 15.0. The van der Waals surface area contributed by atoms with Gasteiger partial charge in [0.05, 0.1) is 5.56 Å². The first-order valence-corrected chi connectivity index (χ1v) is 6.63. The predicted octanol–water partition coefficient (Wildman–Crippen LogP) is 3.26. The van der Waals surface area contributed by atoms with Crippen molar-refractivity contribution in [2.45, 2.75) is 0 Å². The third kappa shape index (κ3) is 2.02. The van der Waals surface area contributed by atoms with Crippen LogP contribution in [0.4, 0.5) is 5.69 Å². The summed E-state index contributed by atoms with van der Waals surface area (Å²) >= 11 is 3.36. The fraction of sp³-hybridized carbons (Fsp3) is 0.0667. The van der Waals surface area contributed by atoms with Crippen molar-refractivity contribution >= 4 is 33.2 Å². The van der Waals surface area contributed by atoms with Gasteiger partial charge in [0.2, 0.25) is 0 Å². The van der Waals surface area contributed by atoms with Gasteiger partial charge in [0.1, 0.15) is 0 Å². The number of anilines is 1. The Kier molecular flexibility index (Phi) is 4.14. The van der Waals surface area contributed by atoms with Gasteiger partial charge in [-0.25, -0.2) is 0 Å². The van der Waals surface area contributed by atoms with Gasteiger partial charge in [-0.15, -0.1) is 0 Å². The Hall–Kier alpha value is -1.42. The molecule has 0 unspecified atom stereocenters. The molecule has 0 fully saturated rings. The van der Waals surface area contributed by atoms with Crippen LogP contribution in [-0.2, 0) is 17.1 Å². The Labute approximate surface area is 135 Å². The summed E-state index contributed by atoms with van der Waals surface area (Å²) in [5.41, 5.74) is 2.49. The molecule has 20 heavy (non-hydrogen) atoms. The molecule has 2 aromatic rings. The Morgan fingerprint density at radius 3 is 2.00 bits per heavy atom. The van der Waals surface area contributed by atoms with E-state index in [4.69, 9.17) is 0 Å². The maximum absolute atomic E-state index is 12.6. The average Bonchev–Trinajstić information content (AvgIpc) is 2.44. The number of fused-ring (bicyclic) bond motifs is 2. The number of halogens is 1. The van der Waals surface area contributed by atoms with E-state index >= 15 is 0 Å². The number of nitrogens with one attached hydrogen (secondary N) is 1. The van der Waals surface area contributed by atoms with E-state index in [-0.39, 0.29) is 28.6 Å². The Morgan fingerprint density at radius 2 is 1.45 bits per heavy atom. The molecule has 0 amide bonds. The van der Waals surface area contributed by atoms with E-state index in [0.29, 0.717) is 32.4 Å². The molecule has 0 heterocycles. The van der Waals surface area contributed by atoms with E-state index in [1.165, 1.54) is 0 Å². The second-order valence-corrected chi connectivity index (χ2v) is 5.15. The van der Waals surface area contributed by atoms with Crippen LogP contribution in [0.1, 0.15) is 31.8 Å². The van der Waals surface area contributed by atoms with Crippen molar-refractivity contribution in [1.29, 1.82) is 0 Å². The summed E-state index contributed by atoms with van der Waals surface area (Å²) in [5.74, 6) is -0.231. The quantitative estimate of drug-likeness (QED) is 0.660. The van der Waals surface area contributed by atoms with E-state index in [1.807, 2.05) is 0 Å². The van der Waals surface area contributed by atoms with Crippen molar-refractivity contribution in [3.05, 3.63) is 63.1 Å². The van der Waals surface area contributed by atoms with Crippen molar-refractivity contribution in [3.8, 4) is 0 Å². The minimum atomic E-state index is -0.117. The molecule has 0 bridgehead atoms. The first-order chi connectivity index (χ1) is 9.15. The number of benzene rings is 2. The molecular formula is C15H10BrCuNO2. The second kappa shape index (κ2) is 5.52. The minimum Gasteiger partial charge on any atom is -0.388 e. The van der Waals surface area contributed by atoms with Crippen LogP contribution in [0.5, 0.6) is 0 Å². The molecule has 1 radical (unpaired) electrons. The molecule has 0 spiro atoms. The number of hydrogen-bond donors (Lipinski definition) is 1. The average molecular weight is 380 g/mol. The Morgan fingerprint density at radius 1 is 0.900 bits per heavy atom. The van der Waals surface area contributed by atoms with Crippen LogP contribution in [0.2, 0.25) is 0 Å². The van der Waals surface area contributed by atoms with Crippen LogP contribution in [0, 0.1) is 0 Å². The van der Waals surface area contributed by atoms with Crippen LogP contribution < -0.4 is 5.32 Å². The number of carbonyl (C=O) groups is 2. The SMILES string of the molecule is CNc1ccc(Br)c2c1C(=O)c1ccccc1C2=O.[Cu].